The summed E-state index contributed by atoms with van der Waals surface area (Å²) in [5.74, 6) is 0.0208. The van der Waals surface area contributed by atoms with E-state index in [1.165, 1.54) is 24.3 Å². The van der Waals surface area contributed by atoms with Crippen molar-refractivity contribution in [2.45, 2.75) is 38.0 Å². The Morgan fingerprint density at radius 3 is 2.81 bits per heavy atom. The van der Waals surface area contributed by atoms with Crippen molar-refractivity contribution in [3.05, 3.63) is 23.7 Å². The summed E-state index contributed by atoms with van der Waals surface area (Å²) >= 11 is 1.46. The maximum atomic E-state index is 13.8. The van der Waals surface area contributed by atoms with Crippen LogP contribution in [0.4, 0.5) is 14.8 Å². The second kappa shape index (κ2) is 6.13. The molecule has 0 aliphatic carbocycles. The fraction of sp³-hybridized carbons (Fsp3) is 0.444. The van der Waals surface area contributed by atoms with Crippen LogP contribution in [0.25, 0.3) is 21.7 Å². The van der Waals surface area contributed by atoms with Gasteiger partial charge in [0.05, 0.1) is 5.56 Å². The number of piperazine rings is 1. The Balaban J connectivity index is 1.60. The average Bonchev–Trinajstić information content (AvgIpc) is 3.31. The number of aromatic nitrogens is 2. The number of benzene rings is 1. The van der Waals surface area contributed by atoms with Crippen LogP contribution in [0.2, 0.25) is 0 Å². The van der Waals surface area contributed by atoms with Gasteiger partial charge in [-0.2, -0.15) is 13.8 Å². The second-order valence-electron chi connectivity index (χ2n) is 6.92. The third kappa shape index (κ3) is 2.94. The smallest absolute Gasteiger partial charge is 0.397 e. The van der Waals surface area contributed by atoms with Gasteiger partial charge in [0, 0.05) is 43.2 Å². The SMILES string of the molecule is CCC(F)(F)Oc1ccc(-c2nccs2)c2oc(N3CC4CC(C3)N4)nc12. The lowest BCUT2D eigenvalue weighted by molar-refractivity contribution is -0.176. The van der Waals surface area contributed by atoms with E-state index < -0.39 is 12.5 Å². The third-order valence-corrected chi connectivity index (χ3v) is 5.83. The molecule has 2 aromatic heterocycles. The zero-order valence-electron chi connectivity index (χ0n) is 14.6. The van der Waals surface area contributed by atoms with Crippen LogP contribution >= 0.6 is 11.3 Å². The van der Waals surface area contributed by atoms with E-state index in [9.17, 15) is 8.78 Å². The number of ether oxygens (including phenoxy) is 1. The predicted octanol–water partition coefficient (Wildman–Crippen LogP) is 3.88. The van der Waals surface area contributed by atoms with E-state index in [1.807, 2.05) is 5.38 Å². The van der Waals surface area contributed by atoms with Crippen molar-refractivity contribution in [2.24, 2.45) is 0 Å². The molecule has 6 nitrogen and oxygen atoms in total. The van der Waals surface area contributed by atoms with Gasteiger partial charge in [0.1, 0.15) is 5.01 Å². The molecule has 3 aliphatic heterocycles. The molecule has 1 N–H and O–H groups in total. The minimum atomic E-state index is -3.26. The second-order valence-corrected chi connectivity index (χ2v) is 7.81. The first kappa shape index (κ1) is 16.9. The summed E-state index contributed by atoms with van der Waals surface area (Å²) in [5, 5.41) is 6.06. The summed E-state index contributed by atoms with van der Waals surface area (Å²) in [5.41, 5.74) is 1.46. The molecule has 3 aliphatic rings. The molecule has 5 heterocycles. The van der Waals surface area contributed by atoms with Gasteiger partial charge in [-0.25, -0.2) is 4.98 Å². The van der Waals surface area contributed by atoms with Gasteiger partial charge in [-0.05, 0) is 18.6 Å². The van der Waals surface area contributed by atoms with Crippen molar-refractivity contribution in [3.8, 4) is 16.3 Å². The lowest BCUT2D eigenvalue weighted by Gasteiger charge is -2.47. The number of rotatable bonds is 5. The van der Waals surface area contributed by atoms with Crippen LogP contribution < -0.4 is 15.0 Å². The summed E-state index contributed by atoms with van der Waals surface area (Å²) in [7, 11) is 0. The fourth-order valence-electron chi connectivity index (χ4n) is 3.62. The summed E-state index contributed by atoms with van der Waals surface area (Å²) in [4.78, 5) is 10.9. The molecule has 1 aromatic carbocycles. The van der Waals surface area contributed by atoms with Gasteiger partial charge in [0.25, 0.3) is 6.01 Å². The van der Waals surface area contributed by atoms with Crippen LogP contribution in [0.1, 0.15) is 19.8 Å². The summed E-state index contributed by atoms with van der Waals surface area (Å²) in [6, 6.07) is 4.51. The highest BCUT2D eigenvalue weighted by atomic mass is 32.1. The van der Waals surface area contributed by atoms with Crippen LogP contribution in [0.15, 0.2) is 28.1 Å². The predicted molar refractivity (Wildman–Crippen MR) is 98.5 cm³/mol. The number of nitrogens with zero attached hydrogens (tertiary/aromatic N) is 3. The Labute approximate surface area is 158 Å². The van der Waals surface area contributed by atoms with Crippen LogP contribution in [0.3, 0.4) is 0 Å². The summed E-state index contributed by atoms with van der Waals surface area (Å²) in [6.45, 7) is 2.96. The number of alkyl halides is 2. The highest BCUT2D eigenvalue weighted by Gasteiger charge is 2.38. The molecule has 6 rings (SSSR count). The van der Waals surface area contributed by atoms with Crippen molar-refractivity contribution in [3.63, 3.8) is 0 Å². The van der Waals surface area contributed by atoms with Gasteiger partial charge >= 0.3 is 6.11 Å². The lowest BCUT2D eigenvalue weighted by Crippen LogP contribution is -2.67. The van der Waals surface area contributed by atoms with Crippen molar-refractivity contribution in [1.82, 2.24) is 15.3 Å². The van der Waals surface area contributed by atoms with Crippen LogP contribution in [-0.2, 0) is 0 Å². The Morgan fingerprint density at radius 1 is 1.37 bits per heavy atom. The van der Waals surface area contributed by atoms with E-state index in [-0.39, 0.29) is 5.75 Å². The molecule has 3 saturated heterocycles. The Hall–Kier alpha value is -2.26. The first-order chi connectivity index (χ1) is 13.0. The molecule has 0 amide bonds. The van der Waals surface area contributed by atoms with E-state index in [0.29, 0.717) is 29.2 Å². The normalized spacial score (nSPS) is 22.1. The van der Waals surface area contributed by atoms with Crippen LogP contribution in [0, 0.1) is 0 Å². The van der Waals surface area contributed by atoms with Gasteiger partial charge < -0.3 is 19.4 Å². The lowest BCUT2D eigenvalue weighted by atomic mass is 9.92. The minimum absolute atomic E-state index is 0.0208. The maximum absolute atomic E-state index is 13.8. The molecule has 0 spiro atoms. The number of fused-ring (bicyclic) bond motifs is 3. The van der Waals surface area contributed by atoms with E-state index in [0.717, 1.165) is 30.1 Å². The Kier molecular flexibility index (Phi) is 3.83. The number of piperidine rings is 1. The van der Waals surface area contributed by atoms with Gasteiger partial charge in [0.2, 0.25) is 0 Å². The molecular formula is C18H18F2N4O2S. The van der Waals surface area contributed by atoms with E-state index in [1.54, 1.807) is 12.3 Å². The number of halogens is 2. The summed E-state index contributed by atoms with van der Waals surface area (Å²) in [6.07, 6.45) is -0.833. The van der Waals surface area contributed by atoms with Crippen molar-refractivity contribution in [1.29, 1.82) is 0 Å². The number of hydrogen-bond acceptors (Lipinski definition) is 7. The fourth-order valence-corrected chi connectivity index (χ4v) is 4.28. The number of nitrogens with one attached hydrogen (secondary N) is 1. The molecule has 0 radical (unpaired) electrons. The van der Waals surface area contributed by atoms with Gasteiger partial charge in [-0.1, -0.05) is 6.92 Å². The van der Waals surface area contributed by atoms with Gasteiger partial charge in [-0.15, -0.1) is 11.3 Å². The first-order valence-electron chi connectivity index (χ1n) is 8.93. The topological polar surface area (TPSA) is 63.4 Å². The zero-order chi connectivity index (χ0) is 18.6. The Bertz CT molecular complexity index is 959. The zero-order valence-corrected chi connectivity index (χ0v) is 15.4. The van der Waals surface area contributed by atoms with Crippen LogP contribution in [0.5, 0.6) is 5.75 Å². The van der Waals surface area contributed by atoms with Crippen molar-refractivity contribution >= 4 is 28.5 Å². The monoisotopic (exact) mass is 392 g/mol. The highest BCUT2D eigenvalue weighted by molar-refractivity contribution is 7.13. The van der Waals surface area contributed by atoms with Gasteiger partial charge in [-0.3, -0.25) is 0 Å². The van der Waals surface area contributed by atoms with E-state index in [4.69, 9.17) is 9.15 Å². The quantitative estimate of drug-likeness (QED) is 0.711. The molecule has 2 unspecified atom stereocenters. The molecule has 3 aromatic rings. The molecule has 27 heavy (non-hydrogen) atoms. The molecule has 9 heteroatoms. The molecular weight excluding hydrogens is 374 g/mol. The van der Waals surface area contributed by atoms with E-state index >= 15 is 0 Å². The first-order valence-corrected chi connectivity index (χ1v) is 9.81. The molecule has 2 bridgehead atoms. The molecule has 3 fully saturated rings. The van der Waals surface area contributed by atoms with Gasteiger partial charge in [0.15, 0.2) is 16.8 Å². The van der Waals surface area contributed by atoms with Crippen LogP contribution in [-0.4, -0.2) is 41.2 Å². The summed E-state index contributed by atoms with van der Waals surface area (Å²) < 4.78 is 38.7. The number of oxazole rings is 1. The average molecular weight is 392 g/mol. The minimum Gasteiger partial charge on any atom is -0.430 e. The highest BCUT2D eigenvalue weighted by Crippen LogP contribution is 2.40. The Morgan fingerprint density at radius 2 is 2.15 bits per heavy atom. The third-order valence-electron chi connectivity index (χ3n) is 5.02. The van der Waals surface area contributed by atoms with Crippen molar-refractivity contribution < 1.29 is 17.9 Å². The maximum Gasteiger partial charge on any atom is 0.397 e. The molecule has 2 atom stereocenters. The number of anilines is 1. The standard InChI is InChI=1S/C18H18F2N4O2S/c1-2-18(19,20)26-13-4-3-12(16-21-5-6-27-16)15-14(13)23-17(25-15)24-8-10-7-11(9-24)22-10/h3-6,10-11,22H,2,7-9H2,1H3. The van der Waals surface area contributed by atoms with Crippen molar-refractivity contribution in [2.75, 3.05) is 18.0 Å². The van der Waals surface area contributed by atoms with E-state index in [2.05, 4.69) is 20.2 Å². The number of thiazole rings is 1. The largest absolute Gasteiger partial charge is 0.430 e. The molecule has 142 valence electrons. The molecule has 0 saturated carbocycles. The number of hydrogen-bond donors (Lipinski definition) is 1.